The average molecular weight is 243 g/mol. The molecule has 0 bridgehead atoms. The lowest BCUT2D eigenvalue weighted by atomic mass is 9.86. The number of methoxy groups -OCH3 is 2. The minimum absolute atomic E-state index is 0.0575. The lowest BCUT2D eigenvalue weighted by molar-refractivity contribution is -0.161. The Hall–Kier alpha value is -0.650. The third-order valence-corrected chi connectivity index (χ3v) is 3.59. The van der Waals surface area contributed by atoms with Gasteiger partial charge in [-0.2, -0.15) is 0 Å². The Morgan fingerprint density at radius 3 is 2.82 bits per heavy atom. The number of hydrogen-bond acceptors (Lipinski definition) is 4. The standard InChI is InChI=1S/C12H21NO4/c1-15-4-3-10-5-12(17-6-10)8-13(9-12)11(14)7-16-2/h10H,3-9H2,1-2H3. The van der Waals surface area contributed by atoms with E-state index in [1.165, 1.54) is 0 Å². The Labute approximate surface area is 102 Å². The van der Waals surface area contributed by atoms with E-state index in [1.807, 2.05) is 4.90 Å². The van der Waals surface area contributed by atoms with Crippen molar-refractivity contribution in [1.29, 1.82) is 0 Å². The topological polar surface area (TPSA) is 48.0 Å². The molecule has 5 nitrogen and oxygen atoms in total. The van der Waals surface area contributed by atoms with E-state index in [4.69, 9.17) is 14.2 Å². The SMILES string of the molecule is COCCC1COC2(C1)CN(C(=O)COC)C2. The molecule has 0 aromatic rings. The lowest BCUT2D eigenvalue weighted by Gasteiger charge is -2.47. The fourth-order valence-corrected chi connectivity index (χ4v) is 2.67. The number of ether oxygens (including phenoxy) is 3. The molecule has 2 heterocycles. The van der Waals surface area contributed by atoms with Gasteiger partial charge in [-0.3, -0.25) is 4.79 Å². The van der Waals surface area contributed by atoms with Gasteiger partial charge in [0.2, 0.25) is 5.91 Å². The van der Waals surface area contributed by atoms with E-state index < -0.39 is 0 Å². The summed E-state index contributed by atoms with van der Waals surface area (Å²) in [6.07, 6.45) is 2.09. The Balaban J connectivity index is 1.73. The summed E-state index contributed by atoms with van der Waals surface area (Å²) in [7, 11) is 3.26. The van der Waals surface area contributed by atoms with Gasteiger partial charge in [-0.15, -0.1) is 0 Å². The van der Waals surface area contributed by atoms with Gasteiger partial charge in [0, 0.05) is 20.8 Å². The number of amides is 1. The molecule has 2 fully saturated rings. The van der Waals surface area contributed by atoms with Gasteiger partial charge in [-0.25, -0.2) is 0 Å². The van der Waals surface area contributed by atoms with Crippen LogP contribution < -0.4 is 0 Å². The molecule has 0 saturated carbocycles. The molecule has 2 rings (SSSR count). The highest BCUT2D eigenvalue weighted by Gasteiger charge is 2.50. The Kier molecular flexibility index (Phi) is 4.01. The van der Waals surface area contributed by atoms with Crippen LogP contribution in [-0.2, 0) is 19.0 Å². The average Bonchev–Trinajstić information content (AvgIpc) is 2.69. The maximum atomic E-state index is 11.5. The van der Waals surface area contributed by atoms with Crippen molar-refractivity contribution in [3.05, 3.63) is 0 Å². The second-order valence-electron chi connectivity index (χ2n) is 5.03. The largest absolute Gasteiger partial charge is 0.385 e. The van der Waals surface area contributed by atoms with Crippen molar-refractivity contribution < 1.29 is 19.0 Å². The number of likely N-dealkylation sites (tertiary alicyclic amines) is 1. The van der Waals surface area contributed by atoms with Crippen LogP contribution >= 0.6 is 0 Å². The molecule has 0 aromatic heterocycles. The maximum Gasteiger partial charge on any atom is 0.248 e. The van der Waals surface area contributed by atoms with Gasteiger partial charge in [0.25, 0.3) is 0 Å². The molecule has 17 heavy (non-hydrogen) atoms. The van der Waals surface area contributed by atoms with E-state index >= 15 is 0 Å². The van der Waals surface area contributed by atoms with E-state index in [0.717, 1.165) is 39.1 Å². The molecule has 2 aliphatic heterocycles. The number of hydrogen-bond donors (Lipinski definition) is 0. The van der Waals surface area contributed by atoms with Gasteiger partial charge in [0.05, 0.1) is 19.7 Å². The third-order valence-electron chi connectivity index (χ3n) is 3.59. The van der Waals surface area contributed by atoms with Gasteiger partial charge in [0.1, 0.15) is 12.2 Å². The molecular weight excluding hydrogens is 222 g/mol. The van der Waals surface area contributed by atoms with E-state index in [-0.39, 0.29) is 18.1 Å². The van der Waals surface area contributed by atoms with E-state index in [9.17, 15) is 4.79 Å². The summed E-state index contributed by atoms with van der Waals surface area (Å²) in [5, 5.41) is 0. The van der Waals surface area contributed by atoms with Crippen molar-refractivity contribution >= 4 is 5.91 Å². The van der Waals surface area contributed by atoms with Crippen LogP contribution in [0.5, 0.6) is 0 Å². The zero-order chi connectivity index (χ0) is 12.3. The van der Waals surface area contributed by atoms with E-state index in [0.29, 0.717) is 5.92 Å². The van der Waals surface area contributed by atoms with Crippen LogP contribution in [0, 0.1) is 5.92 Å². The second kappa shape index (κ2) is 5.33. The van der Waals surface area contributed by atoms with Crippen LogP contribution in [0.25, 0.3) is 0 Å². The lowest BCUT2D eigenvalue weighted by Crippen LogP contribution is -2.63. The first kappa shape index (κ1) is 12.8. The van der Waals surface area contributed by atoms with Crippen LogP contribution in [-0.4, -0.2) is 63.5 Å². The summed E-state index contributed by atoms with van der Waals surface area (Å²) in [6.45, 7) is 3.20. The predicted octanol–water partition coefficient (Wildman–Crippen LogP) is 0.287. The summed E-state index contributed by atoms with van der Waals surface area (Å²) in [5.74, 6) is 0.636. The molecule has 1 amide bonds. The number of rotatable bonds is 5. The zero-order valence-electron chi connectivity index (χ0n) is 10.6. The first-order valence-electron chi connectivity index (χ1n) is 6.09. The van der Waals surface area contributed by atoms with Crippen LogP contribution in [0.3, 0.4) is 0 Å². The highest BCUT2D eigenvalue weighted by atomic mass is 16.5. The van der Waals surface area contributed by atoms with Gasteiger partial charge in [-0.1, -0.05) is 0 Å². The van der Waals surface area contributed by atoms with Crippen LogP contribution in [0.1, 0.15) is 12.8 Å². The smallest absolute Gasteiger partial charge is 0.248 e. The molecule has 0 N–H and O–H groups in total. The quantitative estimate of drug-likeness (QED) is 0.696. The number of carbonyl (C=O) groups excluding carboxylic acids is 1. The molecule has 0 aromatic carbocycles. The second-order valence-corrected chi connectivity index (χ2v) is 5.03. The van der Waals surface area contributed by atoms with Crippen molar-refractivity contribution in [2.24, 2.45) is 5.92 Å². The monoisotopic (exact) mass is 243 g/mol. The van der Waals surface area contributed by atoms with Gasteiger partial charge < -0.3 is 19.1 Å². The molecule has 1 unspecified atom stereocenters. The summed E-state index contributed by atoms with van der Waals surface area (Å²) < 4.78 is 15.8. The molecule has 5 heteroatoms. The molecule has 0 radical (unpaired) electrons. The predicted molar refractivity (Wildman–Crippen MR) is 61.7 cm³/mol. The van der Waals surface area contributed by atoms with Gasteiger partial charge >= 0.3 is 0 Å². The van der Waals surface area contributed by atoms with Crippen LogP contribution in [0.2, 0.25) is 0 Å². The van der Waals surface area contributed by atoms with Crippen molar-refractivity contribution in [2.75, 3.05) is 47.1 Å². The number of nitrogens with zero attached hydrogens (tertiary/aromatic N) is 1. The molecule has 1 atom stereocenters. The molecule has 98 valence electrons. The molecular formula is C12H21NO4. The normalized spacial score (nSPS) is 26.2. The summed E-state index contributed by atoms with van der Waals surface area (Å²) >= 11 is 0. The maximum absolute atomic E-state index is 11.5. The summed E-state index contributed by atoms with van der Waals surface area (Å²) in [5.41, 5.74) is -0.0676. The van der Waals surface area contributed by atoms with Gasteiger partial charge in [0.15, 0.2) is 0 Å². The fraction of sp³-hybridized carbons (Fsp3) is 0.917. The molecule has 1 spiro atoms. The molecule has 2 saturated heterocycles. The molecule has 0 aliphatic carbocycles. The highest BCUT2D eigenvalue weighted by molar-refractivity contribution is 5.78. The number of carbonyl (C=O) groups is 1. The molecule has 2 aliphatic rings. The minimum atomic E-state index is -0.0676. The third kappa shape index (κ3) is 2.78. The first-order chi connectivity index (χ1) is 8.19. The van der Waals surface area contributed by atoms with E-state index in [1.54, 1.807) is 14.2 Å². The Bertz CT molecular complexity index is 276. The zero-order valence-corrected chi connectivity index (χ0v) is 10.6. The van der Waals surface area contributed by atoms with E-state index in [2.05, 4.69) is 0 Å². The van der Waals surface area contributed by atoms with Crippen molar-refractivity contribution in [2.45, 2.75) is 18.4 Å². The van der Waals surface area contributed by atoms with Crippen LogP contribution in [0.15, 0.2) is 0 Å². The summed E-state index contributed by atoms with van der Waals surface area (Å²) in [6, 6.07) is 0. The van der Waals surface area contributed by atoms with Crippen LogP contribution in [0.4, 0.5) is 0 Å². The first-order valence-corrected chi connectivity index (χ1v) is 6.09. The van der Waals surface area contributed by atoms with Crippen molar-refractivity contribution in [1.82, 2.24) is 4.90 Å². The fourth-order valence-electron chi connectivity index (χ4n) is 2.67. The van der Waals surface area contributed by atoms with Crippen molar-refractivity contribution in [3.63, 3.8) is 0 Å². The van der Waals surface area contributed by atoms with Gasteiger partial charge in [-0.05, 0) is 18.8 Å². The Morgan fingerprint density at radius 2 is 2.18 bits per heavy atom. The highest BCUT2D eigenvalue weighted by Crippen LogP contribution is 2.38. The Morgan fingerprint density at radius 1 is 1.41 bits per heavy atom. The van der Waals surface area contributed by atoms with Crippen molar-refractivity contribution in [3.8, 4) is 0 Å². The summed E-state index contributed by atoms with van der Waals surface area (Å²) in [4.78, 5) is 13.4. The minimum Gasteiger partial charge on any atom is -0.385 e.